The summed E-state index contributed by atoms with van der Waals surface area (Å²) in [5, 5.41) is 8.73. The first kappa shape index (κ1) is 22.5. The molecule has 0 aliphatic heterocycles. The lowest BCUT2D eigenvalue weighted by Gasteiger charge is -2.27. The van der Waals surface area contributed by atoms with E-state index in [2.05, 4.69) is 10.3 Å². The predicted octanol–water partition coefficient (Wildman–Crippen LogP) is 4.61. The molecule has 4 aromatic rings. The first-order chi connectivity index (χ1) is 16.0. The van der Waals surface area contributed by atoms with Gasteiger partial charge in [-0.1, -0.05) is 65.8 Å². The molecule has 0 radical (unpaired) electrons. The Kier molecular flexibility index (Phi) is 6.70. The molecule has 170 valence electrons. The van der Waals surface area contributed by atoms with Crippen LogP contribution in [-0.2, 0) is 29.7 Å². The first-order valence-corrected chi connectivity index (χ1v) is 10.8. The van der Waals surface area contributed by atoms with E-state index < -0.39 is 6.10 Å². The molecule has 0 saturated heterocycles. The van der Waals surface area contributed by atoms with Crippen molar-refractivity contribution in [1.29, 1.82) is 0 Å². The van der Waals surface area contributed by atoms with Gasteiger partial charge < -0.3 is 14.2 Å². The molecule has 0 N–H and O–H groups in total. The van der Waals surface area contributed by atoms with Crippen LogP contribution in [0.5, 0.6) is 0 Å². The van der Waals surface area contributed by atoms with E-state index in [9.17, 15) is 4.79 Å². The lowest BCUT2D eigenvalue weighted by atomic mass is 10.0. The van der Waals surface area contributed by atoms with E-state index in [-0.39, 0.29) is 5.91 Å². The van der Waals surface area contributed by atoms with Crippen molar-refractivity contribution in [2.45, 2.75) is 33.0 Å². The lowest BCUT2D eigenvalue weighted by Crippen LogP contribution is -2.36. The number of methoxy groups -OCH3 is 1. The van der Waals surface area contributed by atoms with Crippen LogP contribution in [0, 0.1) is 13.8 Å². The monoisotopic (exact) mass is 444 g/mol. The molecule has 0 aliphatic carbocycles. The van der Waals surface area contributed by atoms with Gasteiger partial charge in [-0.15, -0.1) is 0 Å². The SMILES string of the molecule is COC(C(=O)N(Cc1c(-c2ccccc2)noc1C)Cc1cc(C)nn1C)c1ccccc1. The van der Waals surface area contributed by atoms with Gasteiger partial charge in [0.1, 0.15) is 11.5 Å². The number of rotatable bonds is 8. The first-order valence-electron chi connectivity index (χ1n) is 10.8. The Bertz CT molecular complexity index is 1220. The number of nitrogens with zero attached hydrogens (tertiary/aromatic N) is 4. The second-order valence-corrected chi connectivity index (χ2v) is 8.05. The quantitative estimate of drug-likeness (QED) is 0.397. The molecule has 2 aromatic heterocycles. The van der Waals surface area contributed by atoms with E-state index in [1.807, 2.05) is 87.6 Å². The van der Waals surface area contributed by atoms with Crippen LogP contribution in [0.4, 0.5) is 0 Å². The Balaban J connectivity index is 1.72. The van der Waals surface area contributed by atoms with E-state index >= 15 is 0 Å². The lowest BCUT2D eigenvalue weighted by molar-refractivity contribution is -0.143. The number of aromatic nitrogens is 3. The van der Waals surface area contributed by atoms with Crippen LogP contribution in [0.2, 0.25) is 0 Å². The van der Waals surface area contributed by atoms with Crippen LogP contribution in [0.15, 0.2) is 71.3 Å². The van der Waals surface area contributed by atoms with Gasteiger partial charge in [-0.2, -0.15) is 5.10 Å². The van der Waals surface area contributed by atoms with Gasteiger partial charge in [-0.3, -0.25) is 9.48 Å². The molecule has 2 heterocycles. The van der Waals surface area contributed by atoms with Gasteiger partial charge in [0.2, 0.25) is 0 Å². The van der Waals surface area contributed by atoms with Gasteiger partial charge in [0, 0.05) is 25.3 Å². The number of carbonyl (C=O) groups is 1. The molecule has 4 rings (SSSR count). The molecular formula is C26H28N4O3. The maximum Gasteiger partial charge on any atom is 0.256 e. The minimum Gasteiger partial charge on any atom is -0.367 e. The zero-order valence-corrected chi connectivity index (χ0v) is 19.4. The van der Waals surface area contributed by atoms with Crippen LogP contribution in [0.3, 0.4) is 0 Å². The summed E-state index contributed by atoms with van der Waals surface area (Å²) in [6.07, 6.45) is -0.721. The molecule has 0 saturated carbocycles. The average molecular weight is 445 g/mol. The predicted molar refractivity (Wildman–Crippen MR) is 125 cm³/mol. The Hall–Kier alpha value is -3.71. The minimum atomic E-state index is -0.721. The third-order valence-corrected chi connectivity index (χ3v) is 5.71. The van der Waals surface area contributed by atoms with Crippen molar-refractivity contribution < 1.29 is 14.1 Å². The van der Waals surface area contributed by atoms with Gasteiger partial charge in [-0.25, -0.2) is 0 Å². The molecule has 1 atom stereocenters. The summed E-state index contributed by atoms with van der Waals surface area (Å²) in [5.74, 6) is 0.545. The number of carbonyl (C=O) groups excluding carboxylic acids is 1. The van der Waals surface area contributed by atoms with Gasteiger partial charge in [0.25, 0.3) is 5.91 Å². The second-order valence-electron chi connectivity index (χ2n) is 8.05. The zero-order valence-electron chi connectivity index (χ0n) is 19.4. The zero-order chi connectivity index (χ0) is 23.4. The summed E-state index contributed by atoms with van der Waals surface area (Å²) in [6, 6.07) is 21.4. The molecule has 33 heavy (non-hydrogen) atoms. The molecule has 7 heteroatoms. The van der Waals surface area contributed by atoms with Crippen molar-refractivity contribution in [3.63, 3.8) is 0 Å². The van der Waals surface area contributed by atoms with Gasteiger partial charge in [0.05, 0.1) is 24.5 Å². The summed E-state index contributed by atoms with van der Waals surface area (Å²) in [4.78, 5) is 15.6. The summed E-state index contributed by atoms with van der Waals surface area (Å²) in [5.41, 5.74) is 5.19. The topological polar surface area (TPSA) is 73.4 Å². The number of hydrogen-bond acceptors (Lipinski definition) is 5. The van der Waals surface area contributed by atoms with Crippen LogP contribution in [-0.4, -0.2) is 32.9 Å². The standard InChI is InChI=1S/C26H28N4O3/c1-18-15-22(29(3)27-18)16-30(26(31)25(32-4)21-13-9-6-10-14-21)17-23-19(2)33-28-24(23)20-11-7-5-8-12-20/h5-15,25H,16-17H2,1-4H3. The highest BCUT2D eigenvalue weighted by Crippen LogP contribution is 2.29. The Labute approximate surface area is 193 Å². The van der Waals surface area contributed by atoms with Crippen LogP contribution in [0.1, 0.15) is 34.4 Å². The number of aryl methyl sites for hydroxylation is 3. The van der Waals surface area contributed by atoms with Crippen LogP contribution in [0.25, 0.3) is 11.3 Å². The Morgan fingerprint density at radius 1 is 1.06 bits per heavy atom. The van der Waals surface area contributed by atoms with Crippen molar-refractivity contribution >= 4 is 5.91 Å². The van der Waals surface area contributed by atoms with E-state index in [0.29, 0.717) is 18.8 Å². The largest absolute Gasteiger partial charge is 0.367 e. The van der Waals surface area contributed by atoms with Crippen LogP contribution < -0.4 is 0 Å². The summed E-state index contributed by atoms with van der Waals surface area (Å²) in [7, 11) is 3.44. The highest BCUT2D eigenvalue weighted by atomic mass is 16.5. The van der Waals surface area contributed by atoms with Crippen molar-refractivity contribution in [2.75, 3.05) is 7.11 Å². The summed E-state index contributed by atoms with van der Waals surface area (Å²) < 4.78 is 13.0. The third-order valence-electron chi connectivity index (χ3n) is 5.71. The molecule has 1 amide bonds. The third kappa shape index (κ3) is 4.88. The number of ether oxygens (including phenoxy) is 1. The highest BCUT2D eigenvalue weighted by Gasteiger charge is 2.29. The Morgan fingerprint density at radius 2 is 1.73 bits per heavy atom. The number of hydrogen-bond donors (Lipinski definition) is 0. The molecule has 2 aromatic carbocycles. The molecule has 1 unspecified atom stereocenters. The molecule has 7 nitrogen and oxygen atoms in total. The second kappa shape index (κ2) is 9.83. The molecule has 0 spiro atoms. The van der Waals surface area contributed by atoms with E-state index in [1.165, 1.54) is 0 Å². The highest BCUT2D eigenvalue weighted by molar-refractivity contribution is 5.82. The fraction of sp³-hybridized carbons (Fsp3) is 0.269. The van der Waals surface area contributed by atoms with Crippen molar-refractivity contribution in [2.24, 2.45) is 7.05 Å². The maximum atomic E-state index is 13.8. The molecule has 0 aliphatic rings. The van der Waals surface area contributed by atoms with Crippen LogP contribution >= 0.6 is 0 Å². The number of benzene rings is 2. The minimum absolute atomic E-state index is 0.137. The molecule has 0 fully saturated rings. The summed E-state index contributed by atoms with van der Waals surface area (Å²) >= 11 is 0. The fourth-order valence-electron chi connectivity index (χ4n) is 3.98. The number of amides is 1. The normalized spacial score (nSPS) is 12.0. The van der Waals surface area contributed by atoms with Gasteiger partial charge in [-0.05, 0) is 25.5 Å². The van der Waals surface area contributed by atoms with E-state index in [0.717, 1.165) is 33.8 Å². The maximum absolute atomic E-state index is 13.8. The van der Waals surface area contributed by atoms with Gasteiger partial charge >= 0.3 is 0 Å². The fourth-order valence-corrected chi connectivity index (χ4v) is 3.98. The summed E-state index contributed by atoms with van der Waals surface area (Å²) in [6.45, 7) is 4.52. The van der Waals surface area contributed by atoms with Crippen molar-refractivity contribution in [3.05, 3.63) is 95.0 Å². The van der Waals surface area contributed by atoms with E-state index in [1.54, 1.807) is 16.7 Å². The average Bonchev–Trinajstić information content (AvgIpc) is 3.35. The Morgan fingerprint density at radius 3 is 2.33 bits per heavy atom. The molecule has 0 bridgehead atoms. The van der Waals surface area contributed by atoms with Crippen molar-refractivity contribution in [1.82, 2.24) is 19.8 Å². The molecular weight excluding hydrogens is 416 g/mol. The van der Waals surface area contributed by atoms with Crippen molar-refractivity contribution in [3.8, 4) is 11.3 Å². The van der Waals surface area contributed by atoms with Gasteiger partial charge in [0.15, 0.2) is 6.10 Å². The smallest absolute Gasteiger partial charge is 0.256 e. The van der Waals surface area contributed by atoms with E-state index in [4.69, 9.17) is 9.26 Å².